The van der Waals surface area contributed by atoms with Gasteiger partial charge in [-0.25, -0.2) is 4.98 Å². The number of aryl methyl sites for hydroxylation is 1. The summed E-state index contributed by atoms with van der Waals surface area (Å²) in [6, 6.07) is 36.8. The number of fused-ring (bicyclic) bond motifs is 3. The van der Waals surface area contributed by atoms with Crippen LogP contribution in [0.15, 0.2) is 91.1 Å². The molecule has 0 fully saturated rings. The number of ether oxygens (including phenoxy) is 1. The van der Waals surface area contributed by atoms with Gasteiger partial charge in [-0.1, -0.05) is 96.8 Å². The number of aromatic nitrogens is 4. The molecular formula is C46H48N4OPd. The predicted molar refractivity (Wildman–Crippen MR) is 211 cm³/mol. The molecule has 268 valence electrons. The molecule has 7 rings (SSSR count). The second kappa shape index (κ2) is 14.9. The Bertz CT molecular complexity index is 2350. The van der Waals surface area contributed by atoms with Gasteiger partial charge in [0.15, 0.2) is 0 Å². The van der Waals surface area contributed by atoms with Gasteiger partial charge in [0.2, 0.25) is 0 Å². The minimum absolute atomic E-state index is 0. The summed E-state index contributed by atoms with van der Waals surface area (Å²) >= 11 is 0. The molecule has 52 heavy (non-hydrogen) atoms. The molecular weight excluding hydrogens is 731 g/mol. The van der Waals surface area contributed by atoms with E-state index in [2.05, 4.69) is 140 Å². The van der Waals surface area contributed by atoms with Crippen LogP contribution >= 0.6 is 0 Å². The van der Waals surface area contributed by atoms with Crippen LogP contribution in [0.5, 0.6) is 11.5 Å². The first-order chi connectivity index (χ1) is 24.5. The standard InChI is InChI=1S/C46H48N4O.Pd/c1-10-24-46(8,9)33-23-25-47-43(26-33)49-41-20-12-11-17-39(41)40-22-21-36(28-42(40)49)51-35-16-13-15-34(27-35)50-32(7)44(31(6)48-50)45-37(29(2)3)18-14-19-38(45)30(4)5;/h11-23,25-26,29-30H,10,24H2,1-9H3;/q-2;+2. The van der Waals surface area contributed by atoms with Crippen LogP contribution < -0.4 is 4.74 Å². The molecule has 0 aliphatic rings. The van der Waals surface area contributed by atoms with Crippen LogP contribution in [0.2, 0.25) is 0 Å². The Kier molecular flexibility index (Phi) is 10.6. The van der Waals surface area contributed by atoms with Gasteiger partial charge >= 0.3 is 20.4 Å². The molecule has 5 nitrogen and oxygen atoms in total. The Hall–Kier alpha value is -4.50. The summed E-state index contributed by atoms with van der Waals surface area (Å²) in [5.41, 5.74) is 11.5. The van der Waals surface area contributed by atoms with Crippen LogP contribution in [0.3, 0.4) is 0 Å². The first-order valence-electron chi connectivity index (χ1n) is 18.3. The van der Waals surface area contributed by atoms with Crippen LogP contribution in [0.25, 0.3) is 44.4 Å². The molecule has 3 heterocycles. The zero-order valence-corrected chi connectivity index (χ0v) is 33.3. The van der Waals surface area contributed by atoms with Crippen molar-refractivity contribution in [1.29, 1.82) is 0 Å². The third-order valence-corrected chi connectivity index (χ3v) is 10.3. The summed E-state index contributed by atoms with van der Waals surface area (Å²) in [4.78, 5) is 4.87. The van der Waals surface area contributed by atoms with E-state index in [-0.39, 0.29) is 25.8 Å². The second-order valence-electron chi connectivity index (χ2n) is 15.1. The van der Waals surface area contributed by atoms with E-state index in [4.69, 9.17) is 14.8 Å². The summed E-state index contributed by atoms with van der Waals surface area (Å²) < 4.78 is 10.7. The fourth-order valence-electron chi connectivity index (χ4n) is 7.72. The minimum atomic E-state index is 0. The maximum Gasteiger partial charge on any atom is 2.00 e. The molecule has 0 N–H and O–H groups in total. The van der Waals surface area contributed by atoms with Crippen molar-refractivity contribution in [2.45, 2.75) is 92.4 Å². The van der Waals surface area contributed by atoms with E-state index in [0.29, 0.717) is 23.3 Å². The first kappa shape index (κ1) is 37.3. The van der Waals surface area contributed by atoms with Gasteiger partial charge < -0.3 is 9.30 Å². The van der Waals surface area contributed by atoms with E-state index in [9.17, 15) is 0 Å². The SMILES string of the molecule is CCCC(C)(C)c1ccnc(-n2c3[c-]c(Oc4[c-]c(-n5nc(C)c(-c6c(C(C)C)cccc6C(C)C)c5C)ccc4)ccc3c3ccccc32)c1.[Pd+2]. The summed E-state index contributed by atoms with van der Waals surface area (Å²) in [7, 11) is 0. The quantitative estimate of drug-likeness (QED) is 0.103. The smallest absolute Gasteiger partial charge is 0.509 e. The molecule has 0 aliphatic heterocycles. The number of para-hydroxylation sites is 1. The Morgan fingerprint density at radius 1 is 0.769 bits per heavy atom. The molecule has 0 spiro atoms. The number of rotatable bonds is 10. The number of hydrogen-bond donors (Lipinski definition) is 0. The predicted octanol–water partition coefficient (Wildman–Crippen LogP) is 12.4. The van der Waals surface area contributed by atoms with Gasteiger partial charge in [0.1, 0.15) is 5.82 Å². The van der Waals surface area contributed by atoms with Gasteiger partial charge in [0.05, 0.1) is 5.69 Å². The van der Waals surface area contributed by atoms with Gasteiger partial charge in [-0.3, -0.25) is 4.68 Å². The molecule has 7 aromatic rings. The molecule has 4 aromatic carbocycles. The molecule has 0 saturated heterocycles. The average Bonchev–Trinajstić information content (AvgIpc) is 3.60. The van der Waals surface area contributed by atoms with Crippen molar-refractivity contribution in [3.05, 3.63) is 131 Å². The third kappa shape index (κ3) is 6.75. The van der Waals surface area contributed by atoms with Gasteiger partial charge in [-0.2, -0.15) is 17.2 Å². The number of pyridine rings is 1. The van der Waals surface area contributed by atoms with E-state index >= 15 is 0 Å². The molecule has 0 amide bonds. The third-order valence-electron chi connectivity index (χ3n) is 10.3. The Labute approximate surface area is 322 Å². The van der Waals surface area contributed by atoms with Crippen LogP contribution in [-0.2, 0) is 25.8 Å². The average molecular weight is 779 g/mol. The van der Waals surface area contributed by atoms with Crippen molar-refractivity contribution in [2.75, 3.05) is 0 Å². The maximum absolute atomic E-state index is 6.52. The zero-order chi connectivity index (χ0) is 36.0. The molecule has 6 heteroatoms. The Morgan fingerprint density at radius 2 is 1.46 bits per heavy atom. The topological polar surface area (TPSA) is 44.9 Å². The minimum Gasteiger partial charge on any atom is -0.509 e. The van der Waals surface area contributed by atoms with Crippen molar-refractivity contribution < 1.29 is 25.2 Å². The van der Waals surface area contributed by atoms with Gasteiger partial charge in [0, 0.05) is 34.5 Å². The van der Waals surface area contributed by atoms with Crippen molar-refractivity contribution >= 4 is 21.8 Å². The van der Waals surface area contributed by atoms with Crippen molar-refractivity contribution in [3.8, 4) is 34.1 Å². The van der Waals surface area contributed by atoms with E-state index in [0.717, 1.165) is 57.5 Å². The summed E-state index contributed by atoms with van der Waals surface area (Å²) in [6.45, 7) is 20.2. The zero-order valence-electron chi connectivity index (χ0n) is 31.7. The molecule has 0 bridgehead atoms. The van der Waals surface area contributed by atoms with Crippen molar-refractivity contribution in [2.24, 2.45) is 0 Å². The van der Waals surface area contributed by atoms with Crippen LogP contribution in [0.1, 0.15) is 101 Å². The fraction of sp³-hybridized carbons (Fsp3) is 0.304. The van der Waals surface area contributed by atoms with E-state index in [1.54, 1.807) is 0 Å². The summed E-state index contributed by atoms with van der Waals surface area (Å²) in [5, 5.41) is 7.33. The molecule has 0 aliphatic carbocycles. The largest absolute Gasteiger partial charge is 2.00 e. The molecule has 0 atom stereocenters. The number of benzene rings is 4. The second-order valence-corrected chi connectivity index (χ2v) is 15.1. The van der Waals surface area contributed by atoms with Crippen molar-refractivity contribution in [1.82, 2.24) is 19.3 Å². The van der Waals surface area contributed by atoms with Crippen LogP contribution in [-0.4, -0.2) is 19.3 Å². The molecule has 0 radical (unpaired) electrons. The number of hydrogen-bond acceptors (Lipinski definition) is 3. The number of nitrogens with zero attached hydrogens (tertiary/aromatic N) is 4. The molecule has 3 aromatic heterocycles. The van der Waals surface area contributed by atoms with E-state index in [1.165, 1.54) is 27.8 Å². The fourth-order valence-corrected chi connectivity index (χ4v) is 7.72. The molecule has 0 unspecified atom stereocenters. The Balaban J connectivity index is 0.00000464. The van der Waals surface area contributed by atoms with Gasteiger partial charge in [-0.05, 0) is 89.0 Å². The van der Waals surface area contributed by atoms with E-state index in [1.807, 2.05) is 35.1 Å². The van der Waals surface area contributed by atoms with E-state index < -0.39 is 0 Å². The van der Waals surface area contributed by atoms with Gasteiger partial charge in [-0.15, -0.1) is 35.7 Å². The van der Waals surface area contributed by atoms with Crippen molar-refractivity contribution in [3.63, 3.8) is 0 Å². The monoisotopic (exact) mass is 778 g/mol. The summed E-state index contributed by atoms with van der Waals surface area (Å²) in [6.07, 6.45) is 4.16. The van der Waals surface area contributed by atoms with Crippen LogP contribution in [0, 0.1) is 26.0 Å². The maximum atomic E-state index is 6.52. The first-order valence-corrected chi connectivity index (χ1v) is 18.3. The summed E-state index contributed by atoms with van der Waals surface area (Å²) in [5.74, 6) is 2.88. The van der Waals surface area contributed by atoms with Gasteiger partial charge in [0.25, 0.3) is 0 Å². The van der Waals surface area contributed by atoms with Crippen LogP contribution in [0.4, 0.5) is 0 Å². The normalized spacial score (nSPS) is 11.9. The Morgan fingerprint density at radius 3 is 2.17 bits per heavy atom. The molecule has 0 saturated carbocycles.